The summed E-state index contributed by atoms with van der Waals surface area (Å²) in [6, 6.07) is 5.51. The predicted octanol–water partition coefficient (Wildman–Crippen LogP) is 2.01. The molecule has 1 heterocycles. The van der Waals surface area contributed by atoms with E-state index in [0.717, 1.165) is 11.8 Å². The topological polar surface area (TPSA) is 29.9 Å². The number of halogens is 2. The van der Waals surface area contributed by atoms with Crippen LogP contribution in [0.3, 0.4) is 0 Å². The van der Waals surface area contributed by atoms with Crippen molar-refractivity contribution in [3.63, 3.8) is 0 Å². The molecule has 1 atom stereocenters. The number of rotatable bonds is 3. The molecule has 17 heavy (non-hydrogen) atoms. The molecule has 1 N–H and O–H groups in total. The van der Waals surface area contributed by atoms with Gasteiger partial charge in [-0.2, -0.15) is 5.10 Å². The maximum absolute atomic E-state index is 13.7. The van der Waals surface area contributed by atoms with Crippen LogP contribution in [0.25, 0.3) is 0 Å². The van der Waals surface area contributed by atoms with Gasteiger partial charge in [-0.15, -0.1) is 0 Å². The largest absolute Gasteiger partial charge is 0.308 e. The van der Waals surface area contributed by atoms with Gasteiger partial charge in [-0.3, -0.25) is 4.68 Å². The van der Waals surface area contributed by atoms with Gasteiger partial charge < -0.3 is 5.32 Å². The molecule has 0 spiro atoms. The highest BCUT2D eigenvalue weighted by molar-refractivity contribution is 5.29. The molecule has 0 aliphatic heterocycles. The summed E-state index contributed by atoms with van der Waals surface area (Å²) in [5.74, 6) is -1.67. The van der Waals surface area contributed by atoms with Gasteiger partial charge in [-0.05, 0) is 19.2 Å². The van der Waals surface area contributed by atoms with Gasteiger partial charge in [0.25, 0.3) is 0 Å². The Kier molecular flexibility index (Phi) is 3.19. The minimum atomic E-state index is -0.843. The number of benzene rings is 1. The Morgan fingerprint density at radius 1 is 1.29 bits per heavy atom. The summed E-state index contributed by atoms with van der Waals surface area (Å²) < 4.78 is 28.5. The molecule has 0 saturated carbocycles. The Bertz CT molecular complexity index is 522. The number of hydrogen-bond acceptors (Lipinski definition) is 2. The second-order valence-electron chi connectivity index (χ2n) is 3.74. The Morgan fingerprint density at radius 3 is 2.65 bits per heavy atom. The van der Waals surface area contributed by atoms with Crippen LogP contribution in [0.5, 0.6) is 0 Å². The minimum absolute atomic E-state index is 0.274. The Balaban J connectivity index is 2.50. The van der Waals surface area contributed by atoms with Crippen LogP contribution in [0, 0.1) is 11.6 Å². The molecule has 5 heteroatoms. The highest BCUT2D eigenvalue weighted by Gasteiger charge is 2.20. The monoisotopic (exact) mass is 237 g/mol. The van der Waals surface area contributed by atoms with E-state index in [2.05, 4.69) is 10.4 Å². The average molecular weight is 237 g/mol. The number of nitrogens with one attached hydrogen (secondary N) is 1. The van der Waals surface area contributed by atoms with E-state index in [0.29, 0.717) is 0 Å². The molecule has 2 aromatic rings. The van der Waals surface area contributed by atoms with Crippen LogP contribution >= 0.6 is 0 Å². The summed E-state index contributed by atoms with van der Waals surface area (Å²) in [5, 5.41) is 6.99. The summed E-state index contributed by atoms with van der Waals surface area (Å²) in [6.45, 7) is 0. The van der Waals surface area contributed by atoms with Gasteiger partial charge in [0.2, 0.25) is 0 Å². The van der Waals surface area contributed by atoms with E-state index in [-0.39, 0.29) is 5.56 Å². The lowest BCUT2D eigenvalue weighted by Crippen LogP contribution is -2.22. The molecule has 0 amide bonds. The minimum Gasteiger partial charge on any atom is -0.308 e. The second-order valence-corrected chi connectivity index (χ2v) is 3.74. The number of aryl methyl sites for hydroxylation is 1. The SMILES string of the molecule is CNC(c1cccc(F)c1F)c1ccnn1C. The van der Waals surface area contributed by atoms with Crippen molar-refractivity contribution in [2.75, 3.05) is 7.05 Å². The lowest BCUT2D eigenvalue weighted by molar-refractivity contribution is 0.481. The summed E-state index contributed by atoms with van der Waals surface area (Å²) in [4.78, 5) is 0. The zero-order valence-electron chi connectivity index (χ0n) is 9.61. The zero-order chi connectivity index (χ0) is 12.4. The maximum atomic E-state index is 13.7. The molecule has 1 aromatic carbocycles. The first-order chi connectivity index (χ1) is 8.15. The Hall–Kier alpha value is -1.75. The number of nitrogens with zero attached hydrogens (tertiary/aromatic N) is 2. The second kappa shape index (κ2) is 4.63. The molecule has 1 unspecified atom stereocenters. The number of hydrogen-bond donors (Lipinski definition) is 1. The van der Waals surface area contributed by atoms with E-state index in [1.807, 2.05) is 0 Å². The summed E-state index contributed by atoms with van der Waals surface area (Å²) in [5.41, 5.74) is 1.05. The van der Waals surface area contributed by atoms with Crippen LogP contribution in [-0.4, -0.2) is 16.8 Å². The lowest BCUT2D eigenvalue weighted by Gasteiger charge is -2.17. The van der Waals surface area contributed by atoms with E-state index in [9.17, 15) is 8.78 Å². The van der Waals surface area contributed by atoms with E-state index in [1.54, 1.807) is 37.1 Å². The van der Waals surface area contributed by atoms with Crippen LogP contribution in [-0.2, 0) is 7.05 Å². The first kappa shape index (κ1) is 11.7. The molecule has 0 bridgehead atoms. The maximum Gasteiger partial charge on any atom is 0.163 e. The van der Waals surface area contributed by atoms with Crippen LogP contribution < -0.4 is 5.32 Å². The van der Waals surface area contributed by atoms with Gasteiger partial charge in [0, 0.05) is 18.8 Å². The molecule has 0 aliphatic carbocycles. The summed E-state index contributed by atoms with van der Waals surface area (Å²) >= 11 is 0. The van der Waals surface area contributed by atoms with Crippen LogP contribution in [0.2, 0.25) is 0 Å². The molecule has 0 aliphatic rings. The van der Waals surface area contributed by atoms with E-state index >= 15 is 0 Å². The van der Waals surface area contributed by atoms with Gasteiger partial charge in [0.15, 0.2) is 11.6 Å². The molecule has 1 aromatic heterocycles. The van der Waals surface area contributed by atoms with Crippen molar-refractivity contribution < 1.29 is 8.78 Å². The molecule has 0 radical (unpaired) electrons. The third-order valence-electron chi connectivity index (χ3n) is 2.74. The van der Waals surface area contributed by atoms with Crippen molar-refractivity contribution in [1.82, 2.24) is 15.1 Å². The Labute approximate surface area is 98.1 Å². The first-order valence-corrected chi connectivity index (χ1v) is 5.24. The molecule has 90 valence electrons. The van der Waals surface area contributed by atoms with Crippen molar-refractivity contribution in [2.24, 2.45) is 7.05 Å². The van der Waals surface area contributed by atoms with Crippen molar-refractivity contribution in [2.45, 2.75) is 6.04 Å². The highest BCUT2D eigenvalue weighted by Crippen LogP contribution is 2.24. The third-order valence-corrected chi connectivity index (χ3v) is 2.74. The fourth-order valence-corrected chi connectivity index (χ4v) is 1.87. The van der Waals surface area contributed by atoms with Crippen LogP contribution in [0.4, 0.5) is 8.78 Å². The van der Waals surface area contributed by atoms with Crippen LogP contribution in [0.1, 0.15) is 17.3 Å². The van der Waals surface area contributed by atoms with E-state index < -0.39 is 17.7 Å². The van der Waals surface area contributed by atoms with Crippen molar-refractivity contribution >= 4 is 0 Å². The van der Waals surface area contributed by atoms with Crippen molar-refractivity contribution in [1.29, 1.82) is 0 Å². The van der Waals surface area contributed by atoms with Gasteiger partial charge in [-0.25, -0.2) is 8.78 Å². The van der Waals surface area contributed by atoms with Gasteiger partial charge in [0.1, 0.15) is 0 Å². The Morgan fingerprint density at radius 2 is 2.06 bits per heavy atom. The quantitative estimate of drug-likeness (QED) is 0.885. The average Bonchev–Trinajstić information content (AvgIpc) is 2.72. The van der Waals surface area contributed by atoms with Gasteiger partial charge in [0.05, 0.1) is 11.7 Å². The van der Waals surface area contributed by atoms with Crippen LogP contribution in [0.15, 0.2) is 30.5 Å². The molecule has 0 fully saturated rings. The molecule has 0 saturated heterocycles. The fourth-order valence-electron chi connectivity index (χ4n) is 1.87. The smallest absolute Gasteiger partial charge is 0.163 e. The molecular formula is C12H13F2N3. The molecule has 2 rings (SSSR count). The molecular weight excluding hydrogens is 224 g/mol. The van der Waals surface area contributed by atoms with Gasteiger partial charge >= 0.3 is 0 Å². The number of aromatic nitrogens is 2. The van der Waals surface area contributed by atoms with Gasteiger partial charge in [-0.1, -0.05) is 12.1 Å². The zero-order valence-corrected chi connectivity index (χ0v) is 9.61. The first-order valence-electron chi connectivity index (χ1n) is 5.24. The molecule has 3 nitrogen and oxygen atoms in total. The summed E-state index contributed by atoms with van der Waals surface area (Å²) in [7, 11) is 3.46. The van der Waals surface area contributed by atoms with Crippen molar-refractivity contribution in [3.8, 4) is 0 Å². The highest BCUT2D eigenvalue weighted by atomic mass is 19.2. The van der Waals surface area contributed by atoms with Crippen molar-refractivity contribution in [3.05, 3.63) is 53.4 Å². The standard InChI is InChI=1S/C12H13F2N3/c1-15-12(10-6-7-16-17(10)2)8-4-3-5-9(13)11(8)14/h3-7,12,15H,1-2H3. The summed E-state index contributed by atoms with van der Waals surface area (Å²) in [6.07, 6.45) is 1.62. The fraction of sp³-hybridized carbons (Fsp3) is 0.250. The van der Waals surface area contributed by atoms with E-state index in [1.165, 1.54) is 6.07 Å². The van der Waals surface area contributed by atoms with E-state index in [4.69, 9.17) is 0 Å². The third kappa shape index (κ3) is 2.06. The predicted molar refractivity (Wildman–Crippen MR) is 60.5 cm³/mol. The lowest BCUT2D eigenvalue weighted by atomic mass is 10.0. The normalized spacial score (nSPS) is 12.7.